The lowest BCUT2D eigenvalue weighted by Crippen LogP contribution is -2.41. The summed E-state index contributed by atoms with van der Waals surface area (Å²) >= 11 is 0. The Balaban J connectivity index is 3.21. The van der Waals surface area contributed by atoms with Crippen molar-refractivity contribution in [2.24, 2.45) is 5.73 Å². The molecule has 0 aliphatic rings. The standard InChI is InChI=1S/C14H24N2O3S/c1-3-13(4-2)16(8-9-17)20(18,19)14-7-5-6-12(10-14)11-15/h5-7,10,13,17H,3-4,8-9,11,15H2,1-2H3. The summed E-state index contributed by atoms with van der Waals surface area (Å²) in [6, 6.07) is 6.56. The zero-order valence-corrected chi connectivity index (χ0v) is 12.9. The van der Waals surface area contributed by atoms with E-state index in [2.05, 4.69) is 0 Å². The first-order valence-corrected chi connectivity index (χ1v) is 8.36. The third-order valence-electron chi connectivity index (χ3n) is 3.41. The van der Waals surface area contributed by atoms with Crippen molar-refractivity contribution < 1.29 is 13.5 Å². The van der Waals surface area contributed by atoms with E-state index >= 15 is 0 Å². The Morgan fingerprint density at radius 1 is 1.30 bits per heavy atom. The lowest BCUT2D eigenvalue weighted by Gasteiger charge is -2.29. The first kappa shape index (κ1) is 17.1. The summed E-state index contributed by atoms with van der Waals surface area (Å²) < 4.78 is 26.8. The van der Waals surface area contributed by atoms with Crippen LogP contribution in [0.25, 0.3) is 0 Å². The van der Waals surface area contributed by atoms with Gasteiger partial charge in [0.25, 0.3) is 0 Å². The molecule has 0 aromatic heterocycles. The molecule has 0 aliphatic heterocycles. The second kappa shape index (κ2) is 7.73. The predicted molar refractivity (Wildman–Crippen MR) is 79.7 cm³/mol. The summed E-state index contributed by atoms with van der Waals surface area (Å²) in [5, 5.41) is 9.16. The molecule has 0 bridgehead atoms. The number of aliphatic hydroxyl groups excluding tert-OH is 1. The molecule has 3 N–H and O–H groups in total. The molecule has 0 amide bonds. The van der Waals surface area contributed by atoms with E-state index in [9.17, 15) is 8.42 Å². The third-order valence-corrected chi connectivity index (χ3v) is 5.36. The molecule has 1 aromatic carbocycles. The van der Waals surface area contributed by atoms with Gasteiger partial charge in [0, 0.05) is 19.1 Å². The van der Waals surface area contributed by atoms with E-state index < -0.39 is 10.0 Å². The Bertz CT molecular complexity index is 513. The molecule has 0 aliphatic carbocycles. The Hall–Kier alpha value is -0.950. The average molecular weight is 300 g/mol. The number of nitrogens with two attached hydrogens (primary N) is 1. The highest BCUT2D eigenvalue weighted by atomic mass is 32.2. The number of benzene rings is 1. The quantitative estimate of drug-likeness (QED) is 0.758. The van der Waals surface area contributed by atoms with Gasteiger partial charge < -0.3 is 10.8 Å². The molecule has 0 unspecified atom stereocenters. The van der Waals surface area contributed by atoms with Crippen molar-refractivity contribution >= 4 is 10.0 Å². The number of nitrogens with zero attached hydrogens (tertiary/aromatic N) is 1. The van der Waals surface area contributed by atoms with Gasteiger partial charge in [-0.15, -0.1) is 0 Å². The van der Waals surface area contributed by atoms with Gasteiger partial charge in [-0.1, -0.05) is 26.0 Å². The van der Waals surface area contributed by atoms with Crippen LogP contribution in [0.5, 0.6) is 0 Å². The second-order valence-corrected chi connectivity index (χ2v) is 6.55. The SMILES string of the molecule is CCC(CC)N(CCO)S(=O)(=O)c1cccc(CN)c1. The molecule has 20 heavy (non-hydrogen) atoms. The largest absolute Gasteiger partial charge is 0.395 e. The van der Waals surface area contributed by atoms with Crippen molar-refractivity contribution in [2.75, 3.05) is 13.2 Å². The highest BCUT2D eigenvalue weighted by Crippen LogP contribution is 2.21. The van der Waals surface area contributed by atoms with Crippen molar-refractivity contribution in [2.45, 2.75) is 44.2 Å². The van der Waals surface area contributed by atoms with E-state index in [0.717, 1.165) is 5.56 Å². The Morgan fingerprint density at radius 3 is 2.45 bits per heavy atom. The first-order chi connectivity index (χ1) is 9.51. The van der Waals surface area contributed by atoms with Gasteiger partial charge in [-0.2, -0.15) is 4.31 Å². The maximum Gasteiger partial charge on any atom is 0.243 e. The van der Waals surface area contributed by atoms with Gasteiger partial charge in [-0.3, -0.25) is 0 Å². The van der Waals surface area contributed by atoms with Gasteiger partial charge in [-0.05, 0) is 30.5 Å². The highest BCUT2D eigenvalue weighted by molar-refractivity contribution is 7.89. The predicted octanol–water partition coefficient (Wildman–Crippen LogP) is 1.32. The molecule has 1 rings (SSSR count). The van der Waals surface area contributed by atoms with Crippen LogP contribution in [-0.2, 0) is 16.6 Å². The minimum absolute atomic E-state index is 0.103. The van der Waals surface area contributed by atoms with Gasteiger partial charge >= 0.3 is 0 Å². The van der Waals surface area contributed by atoms with Crippen LogP contribution in [0.4, 0.5) is 0 Å². The molecule has 1 aromatic rings. The smallest absolute Gasteiger partial charge is 0.243 e. The van der Waals surface area contributed by atoms with Gasteiger partial charge in [-0.25, -0.2) is 8.42 Å². The molecule has 0 fully saturated rings. The van der Waals surface area contributed by atoms with Crippen LogP contribution in [-0.4, -0.2) is 37.0 Å². The van der Waals surface area contributed by atoms with Gasteiger partial charge in [0.15, 0.2) is 0 Å². The van der Waals surface area contributed by atoms with Crippen molar-refractivity contribution in [1.82, 2.24) is 4.31 Å². The van der Waals surface area contributed by atoms with E-state index in [1.165, 1.54) is 4.31 Å². The molecule has 0 heterocycles. The first-order valence-electron chi connectivity index (χ1n) is 6.92. The van der Waals surface area contributed by atoms with E-state index in [-0.39, 0.29) is 24.1 Å². The third kappa shape index (κ3) is 3.79. The minimum Gasteiger partial charge on any atom is -0.395 e. The molecule has 0 spiro atoms. The van der Waals surface area contributed by atoms with Gasteiger partial charge in [0.05, 0.1) is 11.5 Å². The number of hydrogen-bond acceptors (Lipinski definition) is 4. The summed E-state index contributed by atoms with van der Waals surface area (Å²) in [7, 11) is -3.60. The molecule has 6 heteroatoms. The molecule has 0 saturated carbocycles. The monoisotopic (exact) mass is 300 g/mol. The fraction of sp³-hybridized carbons (Fsp3) is 0.571. The van der Waals surface area contributed by atoms with Crippen LogP contribution < -0.4 is 5.73 Å². The van der Waals surface area contributed by atoms with Crippen molar-refractivity contribution in [3.05, 3.63) is 29.8 Å². The number of rotatable bonds is 8. The van der Waals surface area contributed by atoms with Gasteiger partial charge in [0.2, 0.25) is 10.0 Å². The van der Waals surface area contributed by atoms with Crippen molar-refractivity contribution in [3.8, 4) is 0 Å². The number of aliphatic hydroxyl groups is 1. The normalized spacial score (nSPS) is 12.3. The van der Waals surface area contributed by atoms with Crippen LogP contribution in [0.3, 0.4) is 0 Å². The summed E-state index contributed by atoms with van der Waals surface area (Å²) in [5.41, 5.74) is 6.34. The summed E-state index contributed by atoms with van der Waals surface area (Å²) in [6.07, 6.45) is 1.43. The van der Waals surface area contributed by atoms with Crippen LogP contribution in [0.2, 0.25) is 0 Å². The molecule has 114 valence electrons. The number of sulfonamides is 1. The van der Waals surface area contributed by atoms with E-state index in [4.69, 9.17) is 10.8 Å². The van der Waals surface area contributed by atoms with Gasteiger partial charge in [0.1, 0.15) is 0 Å². The van der Waals surface area contributed by atoms with Crippen LogP contribution in [0.15, 0.2) is 29.2 Å². The molecule has 5 nitrogen and oxygen atoms in total. The molecule has 0 saturated heterocycles. The Morgan fingerprint density at radius 2 is 1.95 bits per heavy atom. The maximum atomic E-state index is 12.7. The zero-order chi connectivity index (χ0) is 15.2. The van der Waals surface area contributed by atoms with Crippen LogP contribution in [0.1, 0.15) is 32.3 Å². The van der Waals surface area contributed by atoms with Crippen molar-refractivity contribution in [1.29, 1.82) is 0 Å². The Labute approximate surface area is 121 Å². The van der Waals surface area contributed by atoms with E-state index in [1.807, 2.05) is 13.8 Å². The number of hydrogen-bond donors (Lipinski definition) is 2. The van der Waals surface area contributed by atoms with Crippen LogP contribution in [0, 0.1) is 0 Å². The molecular weight excluding hydrogens is 276 g/mol. The molecule has 0 atom stereocenters. The highest BCUT2D eigenvalue weighted by Gasteiger charge is 2.29. The minimum atomic E-state index is -3.60. The van der Waals surface area contributed by atoms with E-state index in [1.54, 1.807) is 24.3 Å². The van der Waals surface area contributed by atoms with E-state index in [0.29, 0.717) is 19.4 Å². The fourth-order valence-electron chi connectivity index (χ4n) is 2.26. The molecular formula is C14H24N2O3S. The van der Waals surface area contributed by atoms with Crippen molar-refractivity contribution in [3.63, 3.8) is 0 Å². The summed E-state index contributed by atoms with van der Waals surface area (Å²) in [4.78, 5) is 0.237. The topological polar surface area (TPSA) is 83.6 Å². The lowest BCUT2D eigenvalue weighted by molar-refractivity contribution is 0.219. The maximum absolute atomic E-state index is 12.7. The lowest BCUT2D eigenvalue weighted by atomic mass is 10.2. The zero-order valence-electron chi connectivity index (χ0n) is 12.1. The summed E-state index contributed by atoms with van der Waals surface area (Å²) in [6.45, 7) is 4.12. The van der Waals surface area contributed by atoms with Crippen LogP contribution >= 0.6 is 0 Å². The Kier molecular flexibility index (Phi) is 6.61. The summed E-state index contributed by atoms with van der Waals surface area (Å²) in [5.74, 6) is 0. The fourth-order valence-corrected chi connectivity index (χ4v) is 4.10. The second-order valence-electron chi connectivity index (χ2n) is 4.66. The average Bonchev–Trinajstić information content (AvgIpc) is 2.47. The molecule has 0 radical (unpaired) electrons.